The van der Waals surface area contributed by atoms with Crippen LogP contribution in [-0.4, -0.2) is 43.8 Å². The molecule has 47 heavy (non-hydrogen) atoms. The first-order valence-electron chi connectivity index (χ1n) is 16.1. The number of amides is 2. The molecule has 9 heteroatoms. The van der Waals surface area contributed by atoms with Crippen molar-refractivity contribution in [3.8, 4) is 0 Å². The van der Waals surface area contributed by atoms with Crippen molar-refractivity contribution in [1.82, 2.24) is 10.2 Å². The van der Waals surface area contributed by atoms with Gasteiger partial charge >= 0.3 is 0 Å². The lowest BCUT2D eigenvalue weighted by atomic mass is 10.0. The lowest BCUT2D eigenvalue weighted by molar-refractivity contribution is -0.140. The Labute approximate surface area is 277 Å². The Bertz CT molecular complexity index is 1770. The number of nitrogens with one attached hydrogen (secondary N) is 1. The molecule has 0 bridgehead atoms. The van der Waals surface area contributed by atoms with Gasteiger partial charge in [-0.3, -0.25) is 13.9 Å². The molecule has 2 amide bonds. The van der Waals surface area contributed by atoms with Crippen molar-refractivity contribution in [3.05, 3.63) is 131 Å². The van der Waals surface area contributed by atoms with E-state index in [-0.39, 0.29) is 29.8 Å². The lowest BCUT2D eigenvalue weighted by Crippen LogP contribution is -2.54. The van der Waals surface area contributed by atoms with Crippen LogP contribution in [0.4, 0.5) is 10.1 Å². The second-order valence-corrected chi connectivity index (χ2v) is 14.4. The second kappa shape index (κ2) is 14.9. The van der Waals surface area contributed by atoms with Crippen LogP contribution in [0.1, 0.15) is 53.5 Å². The van der Waals surface area contributed by atoms with Gasteiger partial charge in [0.2, 0.25) is 11.8 Å². The molecule has 0 aromatic heterocycles. The molecule has 1 saturated carbocycles. The van der Waals surface area contributed by atoms with E-state index < -0.39 is 34.3 Å². The van der Waals surface area contributed by atoms with E-state index in [2.05, 4.69) is 5.32 Å². The van der Waals surface area contributed by atoms with Crippen LogP contribution in [-0.2, 0) is 32.6 Å². The molecule has 1 atom stereocenters. The quantitative estimate of drug-likeness (QED) is 0.185. The first kappa shape index (κ1) is 33.9. The molecule has 246 valence electrons. The average molecular weight is 656 g/mol. The van der Waals surface area contributed by atoms with Crippen LogP contribution in [0, 0.1) is 26.6 Å². The largest absolute Gasteiger partial charge is 0.352 e. The van der Waals surface area contributed by atoms with Gasteiger partial charge in [0.25, 0.3) is 10.0 Å². The number of carbonyl (C=O) groups excluding carboxylic acids is 2. The fourth-order valence-electron chi connectivity index (χ4n) is 6.17. The van der Waals surface area contributed by atoms with E-state index in [1.54, 1.807) is 36.4 Å². The number of anilines is 1. The Morgan fingerprint density at radius 2 is 1.43 bits per heavy atom. The number of halogens is 1. The predicted molar refractivity (Wildman–Crippen MR) is 183 cm³/mol. The van der Waals surface area contributed by atoms with E-state index in [0.717, 1.165) is 52.2 Å². The van der Waals surface area contributed by atoms with Gasteiger partial charge < -0.3 is 10.2 Å². The van der Waals surface area contributed by atoms with Crippen LogP contribution in [0.2, 0.25) is 0 Å². The maximum absolute atomic E-state index is 14.6. The molecule has 7 nitrogen and oxygen atoms in total. The maximum Gasteiger partial charge on any atom is 0.264 e. The van der Waals surface area contributed by atoms with Crippen molar-refractivity contribution in [2.24, 2.45) is 0 Å². The van der Waals surface area contributed by atoms with E-state index >= 15 is 0 Å². The second-order valence-electron chi connectivity index (χ2n) is 12.5. The number of nitrogens with zero attached hydrogens (tertiary/aromatic N) is 2. The zero-order valence-electron chi connectivity index (χ0n) is 27.2. The fraction of sp³-hybridized carbons (Fsp3) is 0.316. The lowest BCUT2D eigenvalue weighted by Gasteiger charge is -2.34. The van der Waals surface area contributed by atoms with Crippen molar-refractivity contribution < 1.29 is 22.4 Å². The molecular formula is C38H42FN3O4S. The highest BCUT2D eigenvalue weighted by Crippen LogP contribution is 2.28. The number of hydrogen-bond acceptors (Lipinski definition) is 4. The van der Waals surface area contributed by atoms with Gasteiger partial charge in [-0.05, 0) is 92.3 Å². The van der Waals surface area contributed by atoms with Crippen LogP contribution in [0.5, 0.6) is 0 Å². The zero-order valence-corrected chi connectivity index (χ0v) is 28.0. The van der Waals surface area contributed by atoms with Crippen LogP contribution < -0.4 is 9.62 Å². The summed E-state index contributed by atoms with van der Waals surface area (Å²) in [6, 6.07) is 26.2. The van der Waals surface area contributed by atoms with Gasteiger partial charge in [-0.2, -0.15) is 0 Å². The van der Waals surface area contributed by atoms with E-state index in [1.807, 2.05) is 57.2 Å². The maximum atomic E-state index is 14.6. The van der Waals surface area contributed by atoms with Gasteiger partial charge in [0.05, 0.1) is 10.6 Å². The molecule has 0 heterocycles. The minimum atomic E-state index is -4.20. The Balaban J connectivity index is 1.58. The molecular weight excluding hydrogens is 614 g/mol. The first-order valence-corrected chi connectivity index (χ1v) is 17.5. The molecule has 5 rings (SSSR count). The summed E-state index contributed by atoms with van der Waals surface area (Å²) < 4.78 is 43.6. The molecule has 0 unspecified atom stereocenters. The predicted octanol–water partition coefficient (Wildman–Crippen LogP) is 6.65. The van der Waals surface area contributed by atoms with Crippen molar-refractivity contribution in [3.63, 3.8) is 0 Å². The summed E-state index contributed by atoms with van der Waals surface area (Å²) in [6.45, 7) is 5.07. The van der Waals surface area contributed by atoms with Crippen LogP contribution in [0.15, 0.2) is 102 Å². The number of aryl methyl sites for hydroxylation is 3. The van der Waals surface area contributed by atoms with Crippen LogP contribution >= 0.6 is 0 Å². The Morgan fingerprint density at radius 1 is 0.809 bits per heavy atom. The highest BCUT2D eigenvalue weighted by molar-refractivity contribution is 7.92. The van der Waals surface area contributed by atoms with E-state index in [0.29, 0.717) is 11.3 Å². The van der Waals surface area contributed by atoms with E-state index in [1.165, 1.54) is 29.2 Å². The molecule has 0 saturated heterocycles. The summed E-state index contributed by atoms with van der Waals surface area (Å²) in [6.07, 6.45) is 4.00. The van der Waals surface area contributed by atoms with Gasteiger partial charge in [-0.25, -0.2) is 12.8 Å². The van der Waals surface area contributed by atoms with Crippen LogP contribution in [0.25, 0.3) is 0 Å². The van der Waals surface area contributed by atoms with Crippen LogP contribution in [0.3, 0.4) is 0 Å². The third kappa shape index (κ3) is 8.65. The molecule has 4 aromatic rings. The fourth-order valence-corrected chi connectivity index (χ4v) is 7.57. The standard InChI is InChI=1S/C38H42FN3O4S/c1-27-13-19-35(20-14-27)47(45,46)42(34-22-28(2)21-29(3)23-34)26-37(43)41(25-31-15-17-32(39)18-16-31)36(24-30-9-5-4-6-10-30)38(44)40-33-11-7-8-12-33/h4-6,9-10,13-23,33,36H,7-8,11-12,24-26H2,1-3H3,(H,40,44)/t36-/m1/s1. The summed E-state index contributed by atoms with van der Waals surface area (Å²) in [5.74, 6) is -1.26. The third-order valence-electron chi connectivity index (χ3n) is 8.62. The van der Waals surface area contributed by atoms with Gasteiger partial charge in [0, 0.05) is 19.0 Å². The van der Waals surface area contributed by atoms with Gasteiger partial charge in [-0.1, -0.05) is 79.1 Å². The number of rotatable bonds is 12. The molecule has 0 spiro atoms. The number of benzene rings is 4. The van der Waals surface area contributed by atoms with Gasteiger partial charge in [-0.15, -0.1) is 0 Å². The number of carbonyl (C=O) groups is 2. The molecule has 1 aliphatic carbocycles. The number of hydrogen-bond donors (Lipinski definition) is 1. The zero-order chi connectivity index (χ0) is 33.6. The summed E-state index contributed by atoms with van der Waals surface area (Å²) in [5, 5.41) is 3.17. The van der Waals surface area contributed by atoms with Gasteiger partial charge in [0.1, 0.15) is 18.4 Å². The van der Waals surface area contributed by atoms with Gasteiger partial charge in [0.15, 0.2) is 0 Å². The van der Waals surface area contributed by atoms with Crippen molar-refractivity contribution in [2.75, 3.05) is 10.8 Å². The first-order chi connectivity index (χ1) is 22.5. The van der Waals surface area contributed by atoms with Crippen molar-refractivity contribution in [2.45, 2.75) is 76.4 Å². The summed E-state index contributed by atoms with van der Waals surface area (Å²) >= 11 is 0. The minimum Gasteiger partial charge on any atom is -0.352 e. The summed E-state index contributed by atoms with van der Waals surface area (Å²) in [5.41, 5.74) is 4.42. The molecule has 4 aromatic carbocycles. The van der Waals surface area contributed by atoms with Crippen molar-refractivity contribution >= 4 is 27.5 Å². The SMILES string of the molecule is Cc1ccc(S(=O)(=O)N(CC(=O)N(Cc2ccc(F)cc2)[C@H](Cc2ccccc2)C(=O)NC2CCCC2)c2cc(C)cc(C)c2)cc1. The highest BCUT2D eigenvalue weighted by Gasteiger charge is 2.35. The molecule has 1 aliphatic rings. The highest BCUT2D eigenvalue weighted by atomic mass is 32.2. The Hall–Kier alpha value is -4.50. The molecule has 0 aliphatic heterocycles. The Morgan fingerprint density at radius 3 is 2.04 bits per heavy atom. The molecule has 1 N–H and O–H groups in total. The van der Waals surface area contributed by atoms with E-state index in [4.69, 9.17) is 0 Å². The average Bonchev–Trinajstić information content (AvgIpc) is 3.55. The summed E-state index contributed by atoms with van der Waals surface area (Å²) in [4.78, 5) is 30.2. The normalized spacial score (nSPS) is 14.0. The monoisotopic (exact) mass is 655 g/mol. The molecule has 0 radical (unpaired) electrons. The van der Waals surface area contributed by atoms with Crippen molar-refractivity contribution in [1.29, 1.82) is 0 Å². The summed E-state index contributed by atoms with van der Waals surface area (Å²) in [7, 11) is -4.20. The topological polar surface area (TPSA) is 86.8 Å². The number of sulfonamides is 1. The minimum absolute atomic E-state index is 0.0113. The third-order valence-corrected chi connectivity index (χ3v) is 10.4. The smallest absolute Gasteiger partial charge is 0.264 e. The van der Waals surface area contributed by atoms with E-state index in [9.17, 15) is 22.4 Å². The Kier molecular flexibility index (Phi) is 10.8. The molecule has 1 fully saturated rings.